The maximum Gasteiger partial charge on any atom is 0.350 e. The van der Waals surface area contributed by atoms with Gasteiger partial charge in [0.25, 0.3) is 10.0 Å². The summed E-state index contributed by atoms with van der Waals surface area (Å²) < 4.78 is 47.4. The lowest BCUT2D eigenvalue weighted by Gasteiger charge is -2.17. The monoisotopic (exact) mass is 273 g/mol. The molecule has 0 aromatic carbocycles. The molecule has 1 atom stereocenters. The number of carboxylic acid groups (broad SMARTS) is 1. The van der Waals surface area contributed by atoms with Crippen LogP contribution < -0.4 is 4.72 Å². The van der Waals surface area contributed by atoms with E-state index >= 15 is 0 Å². The van der Waals surface area contributed by atoms with E-state index < -0.39 is 27.7 Å². The van der Waals surface area contributed by atoms with Crippen molar-refractivity contribution in [3.05, 3.63) is 0 Å². The average molecular weight is 273 g/mol. The lowest BCUT2D eigenvalue weighted by Crippen LogP contribution is -2.34. The van der Waals surface area contributed by atoms with Crippen molar-refractivity contribution < 1.29 is 27.1 Å². The standard InChI is InChI=1S/C9H17F2NO4S/c1-6(2)3-7(4-8(13)14)5-12-17(15,16)9(10)11/h6-7,9,12H,3-5H2,1-2H3,(H,13,14). The Morgan fingerprint density at radius 2 is 1.88 bits per heavy atom. The maximum atomic E-state index is 12.0. The summed E-state index contributed by atoms with van der Waals surface area (Å²) in [5, 5.41) is 8.61. The number of sulfonamides is 1. The number of nitrogens with one attached hydrogen (secondary N) is 1. The van der Waals surface area contributed by atoms with Crippen LogP contribution in [0.3, 0.4) is 0 Å². The molecule has 0 aliphatic carbocycles. The number of hydrogen-bond donors (Lipinski definition) is 2. The van der Waals surface area contributed by atoms with E-state index in [4.69, 9.17) is 5.11 Å². The van der Waals surface area contributed by atoms with Crippen LogP contribution in [0.5, 0.6) is 0 Å². The molecule has 8 heteroatoms. The van der Waals surface area contributed by atoms with E-state index in [0.29, 0.717) is 6.42 Å². The van der Waals surface area contributed by atoms with Crippen LogP contribution in [0.1, 0.15) is 26.7 Å². The van der Waals surface area contributed by atoms with Gasteiger partial charge in [-0.15, -0.1) is 0 Å². The summed E-state index contributed by atoms with van der Waals surface area (Å²) in [7, 11) is -4.64. The van der Waals surface area contributed by atoms with Gasteiger partial charge in [-0.25, -0.2) is 13.1 Å². The number of hydrogen-bond acceptors (Lipinski definition) is 3. The summed E-state index contributed by atoms with van der Waals surface area (Å²) in [6.07, 6.45) is 0.210. The highest BCUT2D eigenvalue weighted by Crippen LogP contribution is 2.15. The lowest BCUT2D eigenvalue weighted by atomic mass is 9.94. The molecule has 0 bridgehead atoms. The summed E-state index contributed by atoms with van der Waals surface area (Å²) in [6, 6.07) is 0. The Morgan fingerprint density at radius 1 is 1.35 bits per heavy atom. The first-order valence-corrected chi connectivity index (χ1v) is 6.68. The van der Waals surface area contributed by atoms with Crippen molar-refractivity contribution in [3.8, 4) is 0 Å². The fraction of sp³-hybridized carbons (Fsp3) is 0.889. The Hall–Kier alpha value is -0.760. The van der Waals surface area contributed by atoms with Crippen molar-refractivity contribution in [3.63, 3.8) is 0 Å². The fourth-order valence-electron chi connectivity index (χ4n) is 1.45. The van der Waals surface area contributed by atoms with Crippen molar-refractivity contribution in [1.29, 1.82) is 0 Å². The molecule has 0 spiro atoms. The third kappa shape index (κ3) is 7.22. The van der Waals surface area contributed by atoms with Gasteiger partial charge in [0.05, 0.1) is 0 Å². The van der Waals surface area contributed by atoms with Crippen LogP contribution in [0.15, 0.2) is 0 Å². The van der Waals surface area contributed by atoms with E-state index in [1.54, 1.807) is 4.72 Å². The number of aliphatic carboxylic acids is 1. The van der Waals surface area contributed by atoms with Crippen LogP contribution in [0.2, 0.25) is 0 Å². The Bertz CT molecular complexity index is 343. The van der Waals surface area contributed by atoms with Crippen molar-refractivity contribution in [1.82, 2.24) is 4.72 Å². The van der Waals surface area contributed by atoms with Crippen molar-refractivity contribution >= 4 is 16.0 Å². The van der Waals surface area contributed by atoms with Crippen LogP contribution in [0, 0.1) is 11.8 Å². The third-order valence-electron chi connectivity index (χ3n) is 2.08. The zero-order valence-electron chi connectivity index (χ0n) is 9.69. The molecule has 0 heterocycles. The Kier molecular flexibility index (Phi) is 6.54. The summed E-state index contributed by atoms with van der Waals surface area (Å²) >= 11 is 0. The summed E-state index contributed by atoms with van der Waals surface area (Å²) in [6.45, 7) is 3.41. The van der Waals surface area contributed by atoms with Gasteiger partial charge < -0.3 is 5.11 Å². The normalized spacial score (nSPS) is 14.2. The van der Waals surface area contributed by atoms with E-state index in [1.807, 2.05) is 13.8 Å². The summed E-state index contributed by atoms with van der Waals surface area (Å²) in [5.74, 6) is -4.89. The van der Waals surface area contributed by atoms with Crippen LogP contribution in [-0.2, 0) is 14.8 Å². The summed E-state index contributed by atoms with van der Waals surface area (Å²) in [5.41, 5.74) is 0. The fourth-order valence-corrected chi connectivity index (χ4v) is 2.04. The van der Waals surface area contributed by atoms with Crippen molar-refractivity contribution in [2.75, 3.05) is 6.54 Å². The second kappa shape index (κ2) is 6.85. The molecule has 0 aliphatic heterocycles. The predicted octanol–water partition coefficient (Wildman–Crippen LogP) is 1.27. The minimum atomic E-state index is -4.64. The first-order chi connectivity index (χ1) is 7.65. The van der Waals surface area contributed by atoms with Crippen LogP contribution in [0.4, 0.5) is 8.78 Å². The van der Waals surface area contributed by atoms with Gasteiger partial charge in [-0.1, -0.05) is 13.8 Å². The van der Waals surface area contributed by atoms with Gasteiger partial charge in [-0.3, -0.25) is 4.79 Å². The SMILES string of the molecule is CC(C)CC(CNS(=O)(=O)C(F)F)CC(=O)O. The molecule has 102 valence electrons. The molecule has 17 heavy (non-hydrogen) atoms. The molecule has 0 saturated carbocycles. The van der Waals surface area contributed by atoms with Crippen molar-refractivity contribution in [2.45, 2.75) is 32.4 Å². The molecule has 1 unspecified atom stereocenters. The largest absolute Gasteiger partial charge is 0.481 e. The smallest absolute Gasteiger partial charge is 0.350 e. The predicted molar refractivity (Wildman–Crippen MR) is 58.1 cm³/mol. The van der Waals surface area contributed by atoms with Crippen LogP contribution in [-0.4, -0.2) is 31.8 Å². The second-order valence-corrected chi connectivity index (χ2v) is 5.98. The first kappa shape index (κ1) is 16.2. The van der Waals surface area contributed by atoms with Crippen LogP contribution in [0.25, 0.3) is 0 Å². The Labute approximate surface area is 99.3 Å². The molecule has 2 N–H and O–H groups in total. The lowest BCUT2D eigenvalue weighted by molar-refractivity contribution is -0.138. The van der Waals surface area contributed by atoms with Gasteiger partial charge in [-0.05, 0) is 18.3 Å². The third-order valence-corrected chi connectivity index (χ3v) is 3.11. The van der Waals surface area contributed by atoms with Gasteiger partial charge in [0.1, 0.15) is 0 Å². The minimum Gasteiger partial charge on any atom is -0.481 e. The van der Waals surface area contributed by atoms with E-state index in [2.05, 4.69) is 0 Å². The Balaban J connectivity index is 4.40. The van der Waals surface area contributed by atoms with Gasteiger partial charge in [0.15, 0.2) is 0 Å². The Morgan fingerprint density at radius 3 is 2.24 bits per heavy atom. The van der Waals surface area contributed by atoms with E-state index in [1.165, 1.54) is 0 Å². The van der Waals surface area contributed by atoms with Gasteiger partial charge in [0.2, 0.25) is 0 Å². The summed E-state index contributed by atoms with van der Waals surface area (Å²) in [4.78, 5) is 10.5. The molecule has 0 aromatic heterocycles. The number of rotatable bonds is 8. The topological polar surface area (TPSA) is 83.5 Å². The molecule has 0 saturated heterocycles. The minimum absolute atomic E-state index is 0.162. The van der Waals surface area contributed by atoms with E-state index in [9.17, 15) is 22.0 Å². The molecule has 0 aromatic rings. The molecule has 0 amide bonds. The molecule has 5 nitrogen and oxygen atoms in total. The number of carboxylic acids is 1. The zero-order valence-corrected chi connectivity index (χ0v) is 10.5. The highest BCUT2D eigenvalue weighted by Gasteiger charge is 2.25. The second-order valence-electron chi connectivity index (χ2n) is 4.25. The maximum absolute atomic E-state index is 12.0. The number of alkyl halides is 2. The van der Waals surface area contributed by atoms with Gasteiger partial charge in [-0.2, -0.15) is 8.78 Å². The quantitative estimate of drug-likeness (QED) is 0.697. The highest BCUT2D eigenvalue weighted by molar-refractivity contribution is 7.89. The van der Waals surface area contributed by atoms with Gasteiger partial charge >= 0.3 is 11.7 Å². The molecular weight excluding hydrogens is 256 g/mol. The average Bonchev–Trinajstić information content (AvgIpc) is 2.12. The van der Waals surface area contributed by atoms with Crippen LogP contribution >= 0.6 is 0 Å². The van der Waals surface area contributed by atoms with E-state index in [0.717, 1.165) is 0 Å². The molecule has 0 radical (unpaired) electrons. The molecule has 0 aliphatic rings. The van der Waals surface area contributed by atoms with Crippen molar-refractivity contribution in [2.24, 2.45) is 11.8 Å². The number of carbonyl (C=O) groups is 1. The van der Waals surface area contributed by atoms with Gasteiger partial charge in [0, 0.05) is 13.0 Å². The van der Waals surface area contributed by atoms with E-state index in [-0.39, 0.29) is 18.9 Å². The first-order valence-electron chi connectivity index (χ1n) is 5.13. The molecular formula is C9H17F2NO4S. The number of halogens is 2. The highest BCUT2D eigenvalue weighted by atomic mass is 32.2. The molecule has 0 fully saturated rings. The molecule has 0 rings (SSSR count). The zero-order chi connectivity index (χ0) is 13.6.